The summed E-state index contributed by atoms with van der Waals surface area (Å²) >= 11 is 2.23. The number of nitro groups is 1. The molecule has 0 unspecified atom stereocenters. The zero-order valence-electron chi connectivity index (χ0n) is 19.5. The maximum Gasteiger partial charge on any atom is 0.315 e. The summed E-state index contributed by atoms with van der Waals surface area (Å²) in [7, 11) is -1.83. The minimum absolute atomic E-state index is 0.124. The quantitative estimate of drug-likeness (QED) is 0.114. The molecule has 10 heteroatoms. The monoisotopic (exact) mass is 609 g/mol. The molecule has 0 radical (unpaired) electrons. The van der Waals surface area contributed by atoms with E-state index < -0.39 is 20.5 Å². The van der Waals surface area contributed by atoms with E-state index in [4.69, 9.17) is 4.74 Å². The number of likely N-dealkylation sites (N-methyl/N-ethyl adjacent to an activating group) is 1. The van der Waals surface area contributed by atoms with Crippen molar-refractivity contribution in [3.63, 3.8) is 0 Å². The molecule has 8 nitrogen and oxygen atoms in total. The molecule has 3 aromatic carbocycles. The molecule has 1 fully saturated rings. The van der Waals surface area contributed by atoms with Crippen molar-refractivity contribution in [2.24, 2.45) is 0 Å². The van der Waals surface area contributed by atoms with E-state index in [0.29, 0.717) is 12.0 Å². The summed E-state index contributed by atoms with van der Waals surface area (Å²) in [6.07, 6.45) is 0.736. The predicted octanol–water partition coefficient (Wildman–Crippen LogP) is 4.68. The van der Waals surface area contributed by atoms with E-state index in [0.717, 1.165) is 48.1 Å². The normalized spacial score (nSPS) is 14.9. The molecule has 0 aromatic heterocycles. The Labute approximate surface area is 219 Å². The van der Waals surface area contributed by atoms with Gasteiger partial charge in [0.15, 0.2) is 15.6 Å². The van der Waals surface area contributed by atoms with Crippen LogP contribution >= 0.6 is 22.6 Å². The Morgan fingerprint density at radius 2 is 1.77 bits per heavy atom. The topological polar surface area (TPSA) is 93.0 Å². The predicted molar refractivity (Wildman–Crippen MR) is 147 cm³/mol. The van der Waals surface area contributed by atoms with Gasteiger partial charge in [0.25, 0.3) is 0 Å². The first kappa shape index (κ1) is 25.6. The van der Waals surface area contributed by atoms with E-state index >= 15 is 0 Å². The lowest BCUT2D eigenvalue weighted by molar-refractivity contribution is -0.386. The van der Waals surface area contributed by atoms with Gasteiger partial charge in [0.1, 0.15) is 0 Å². The van der Waals surface area contributed by atoms with Crippen LogP contribution in [0.1, 0.15) is 12.0 Å². The van der Waals surface area contributed by atoms with E-state index in [1.165, 1.54) is 0 Å². The SMILES string of the molecule is CN1CCN(c2cc(CS(=O)(=O)c3cccc4ccccc34)c([N+](=O)[O-])c(OCCCI)c2)CC1. The van der Waals surface area contributed by atoms with E-state index in [-0.39, 0.29) is 21.9 Å². The van der Waals surface area contributed by atoms with Gasteiger partial charge in [-0.1, -0.05) is 59.0 Å². The molecule has 1 aliphatic heterocycles. The van der Waals surface area contributed by atoms with Crippen molar-refractivity contribution in [2.45, 2.75) is 17.1 Å². The number of hydrogen-bond acceptors (Lipinski definition) is 7. The maximum absolute atomic E-state index is 13.6. The molecule has 4 rings (SSSR count). The number of rotatable bonds is 9. The highest BCUT2D eigenvalue weighted by molar-refractivity contribution is 14.1. The fourth-order valence-corrected chi connectivity index (χ4v) is 6.21. The van der Waals surface area contributed by atoms with Gasteiger partial charge in [-0.25, -0.2) is 8.42 Å². The first-order valence-electron chi connectivity index (χ1n) is 11.4. The first-order valence-corrected chi connectivity index (χ1v) is 14.6. The third-order valence-electron chi connectivity index (χ3n) is 6.16. The lowest BCUT2D eigenvalue weighted by atomic mass is 10.1. The molecule has 1 saturated heterocycles. The second-order valence-corrected chi connectivity index (χ2v) is 11.7. The minimum Gasteiger partial charge on any atom is -0.487 e. The number of piperazine rings is 1. The average molecular weight is 609 g/mol. The Morgan fingerprint density at radius 3 is 2.49 bits per heavy atom. The Hall–Kier alpha value is -2.44. The molecule has 1 aliphatic rings. The number of nitro benzene ring substituents is 1. The Morgan fingerprint density at radius 1 is 1.06 bits per heavy atom. The van der Waals surface area contributed by atoms with Crippen molar-refractivity contribution in [3.05, 3.63) is 70.3 Å². The molecule has 35 heavy (non-hydrogen) atoms. The maximum atomic E-state index is 13.6. The van der Waals surface area contributed by atoms with Crippen molar-refractivity contribution >= 4 is 54.6 Å². The zero-order valence-corrected chi connectivity index (χ0v) is 22.5. The van der Waals surface area contributed by atoms with E-state index in [2.05, 4.69) is 32.4 Å². The van der Waals surface area contributed by atoms with Crippen LogP contribution in [-0.4, -0.2) is 62.5 Å². The van der Waals surface area contributed by atoms with Crippen molar-refractivity contribution in [3.8, 4) is 5.75 Å². The standard InChI is InChI=1S/C25H28IN3O5S/c1-27-11-13-28(14-12-27)21-16-20(25(29(30)31)23(17-21)34-15-5-10-26)18-35(32,33)24-9-4-7-19-6-2-3-8-22(19)24/h2-4,6-9,16-17H,5,10-15,18H2,1H3. The molecule has 0 saturated carbocycles. The number of benzene rings is 3. The van der Waals surface area contributed by atoms with E-state index in [9.17, 15) is 18.5 Å². The van der Waals surface area contributed by atoms with Gasteiger partial charge in [-0.05, 0) is 31.0 Å². The summed E-state index contributed by atoms with van der Waals surface area (Å²) in [5.41, 5.74) is 0.611. The second kappa shape index (κ2) is 11.1. The van der Waals surface area contributed by atoms with Crippen LogP contribution in [-0.2, 0) is 15.6 Å². The van der Waals surface area contributed by atoms with Gasteiger partial charge in [-0.3, -0.25) is 10.1 Å². The summed E-state index contributed by atoms with van der Waals surface area (Å²) < 4.78 is 33.9. The van der Waals surface area contributed by atoms with Crippen molar-refractivity contribution in [2.75, 3.05) is 49.2 Å². The van der Waals surface area contributed by atoms with Crippen molar-refractivity contribution < 1.29 is 18.1 Å². The number of sulfone groups is 1. The van der Waals surface area contributed by atoms with Crippen LogP contribution in [0.4, 0.5) is 11.4 Å². The Kier molecular flexibility index (Phi) is 8.12. The number of ether oxygens (including phenoxy) is 1. The second-order valence-electron chi connectivity index (χ2n) is 8.63. The first-order chi connectivity index (χ1) is 16.8. The minimum atomic E-state index is -3.88. The van der Waals surface area contributed by atoms with E-state index in [1.54, 1.807) is 36.4 Å². The summed E-state index contributed by atoms with van der Waals surface area (Å²) in [5.74, 6) is -0.360. The van der Waals surface area contributed by atoms with E-state index in [1.807, 2.05) is 25.2 Å². The van der Waals surface area contributed by atoms with Gasteiger partial charge < -0.3 is 14.5 Å². The highest BCUT2D eigenvalue weighted by Gasteiger charge is 2.29. The molecule has 0 amide bonds. The van der Waals surface area contributed by atoms with Crippen molar-refractivity contribution in [1.82, 2.24) is 4.90 Å². The smallest absolute Gasteiger partial charge is 0.315 e. The van der Waals surface area contributed by atoms with Crippen LogP contribution in [0.3, 0.4) is 0 Å². The van der Waals surface area contributed by atoms with Crippen LogP contribution < -0.4 is 9.64 Å². The molecular formula is C25H28IN3O5S. The molecule has 0 spiro atoms. The Balaban J connectivity index is 1.80. The molecule has 1 heterocycles. The number of hydrogen-bond donors (Lipinski definition) is 0. The fraction of sp³-hybridized carbons (Fsp3) is 0.360. The van der Waals surface area contributed by atoms with Gasteiger partial charge in [0.05, 0.1) is 27.7 Å². The highest BCUT2D eigenvalue weighted by Crippen LogP contribution is 2.39. The van der Waals surface area contributed by atoms with Crippen LogP contribution in [0.5, 0.6) is 5.75 Å². The molecule has 0 aliphatic carbocycles. The Bertz CT molecular complexity index is 1320. The average Bonchev–Trinajstić information content (AvgIpc) is 2.83. The summed E-state index contributed by atoms with van der Waals surface area (Å²) in [6.45, 7) is 3.52. The molecular weight excluding hydrogens is 581 g/mol. The lowest BCUT2D eigenvalue weighted by Crippen LogP contribution is -2.44. The largest absolute Gasteiger partial charge is 0.487 e. The fourth-order valence-electron chi connectivity index (χ4n) is 4.31. The van der Waals surface area contributed by atoms with Gasteiger partial charge in [-0.15, -0.1) is 0 Å². The summed E-state index contributed by atoms with van der Waals surface area (Å²) in [5, 5.41) is 13.6. The number of anilines is 1. The van der Waals surface area contributed by atoms with Gasteiger partial charge >= 0.3 is 5.69 Å². The van der Waals surface area contributed by atoms with Gasteiger partial charge in [-0.2, -0.15) is 0 Å². The van der Waals surface area contributed by atoms with Crippen LogP contribution in [0.2, 0.25) is 0 Å². The molecule has 0 atom stereocenters. The van der Waals surface area contributed by atoms with Crippen LogP contribution in [0.25, 0.3) is 10.8 Å². The van der Waals surface area contributed by atoms with Gasteiger partial charge in [0.2, 0.25) is 0 Å². The van der Waals surface area contributed by atoms with Gasteiger partial charge in [0, 0.05) is 47.7 Å². The number of halogens is 1. The van der Waals surface area contributed by atoms with Crippen LogP contribution in [0, 0.1) is 10.1 Å². The third kappa shape index (κ3) is 5.87. The summed E-state index contributed by atoms with van der Waals surface area (Å²) in [4.78, 5) is 16.1. The number of alkyl halides is 1. The third-order valence-corrected chi connectivity index (χ3v) is 8.64. The highest BCUT2D eigenvalue weighted by atomic mass is 127. The molecule has 0 N–H and O–H groups in total. The molecule has 3 aromatic rings. The van der Waals surface area contributed by atoms with Crippen molar-refractivity contribution in [1.29, 1.82) is 0 Å². The molecule has 0 bridgehead atoms. The number of fused-ring (bicyclic) bond motifs is 1. The molecule has 186 valence electrons. The lowest BCUT2D eigenvalue weighted by Gasteiger charge is -2.34. The summed E-state index contributed by atoms with van der Waals surface area (Å²) in [6, 6.07) is 15.7. The van der Waals surface area contributed by atoms with Crippen LogP contribution in [0.15, 0.2) is 59.5 Å². The number of nitrogens with zero attached hydrogens (tertiary/aromatic N) is 3. The zero-order chi connectivity index (χ0) is 25.0.